The van der Waals surface area contributed by atoms with Gasteiger partial charge in [-0.05, 0) is 31.1 Å². The Kier molecular flexibility index (Phi) is 4.51. The predicted octanol–water partition coefficient (Wildman–Crippen LogP) is 2.87. The molecule has 4 nitrogen and oxygen atoms in total. The molecule has 1 aromatic rings. The number of likely N-dealkylation sites (tertiary alicyclic amines) is 1. The summed E-state index contributed by atoms with van der Waals surface area (Å²) in [5, 5.41) is 0. The second-order valence-corrected chi connectivity index (χ2v) is 7.19. The third kappa shape index (κ3) is 4.09. The quantitative estimate of drug-likeness (QED) is 0.852. The molecule has 1 aromatic heterocycles. The van der Waals surface area contributed by atoms with E-state index >= 15 is 0 Å². The van der Waals surface area contributed by atoms with Gasteiger partial charge in [0.2, 0.25) is 5.91 Å². The van der Waals surface area contributed by atoms with Gasteiger partial charge in [-0.3, -0.25) is 4.79 Å². The van der Waals surface area contributed by atoms with Crippen LogP contribution in [0.25, 0.3) is 0 Å². The summed E-state index contributed by atoms with van der Waals surface area (Å²) in [6, 6.07) is 0. The zero-order valence-corrected chi connectivity index (χ0v) is 13.2. The van der Waals surface area contributed by atoms with Crippen LogP contribution in [0.3, 0.4) is 0 Å². The first-order chi connectivity index (χ1) is 9.35. The summed E-state index contributed by atoms with van der Waals surface area (Å²) in [5.74, 6) is 2.06. The first-order valence-corrected chi connectivity index (χ1v) is 7.61. The van der Waals surface area contributed by atoms with Crippen molar-refractivity contribution in [1.29, 1.82) is 0 Å². The number of hydrogen-bond acceptors (Lipinski definition) is 2. The molecule has 0 saturated carbocycles. The third-order valence-corrected chi connectivity index (χ3v) is 4.03. The maximum absolute atomic E-state index is 12.2. The minimum absolute atomic E-state index is 0.0852. The number of carbonyl (C=O) groups is 1. The molecule has 0 unspecified atom stereocenters. The molecule has 1 fully saturated rings. The van der Waals surface area contributed by atoms with Crippen molar-refractivity contribution >= 4 is 5.91 Å². The number of imidazole rings is 1. The van der Waals surface area contributed by atoms with Gasteiger partial charge in [-0.1, -0.05) is 20.8 Å². The molecule has 112 valence electrons. The summed E-state index contributed by atoms with van der Waals surface area (Å²) in [6.07, 6.45) is 6.77. The monoisotopic (exact) mass is 277 g/mol. The second kappa shape index (κ2) is 5.98. The maximum atomic E-state index is 12.2. The number of carbonyl (C=O) groups excluding carboxylic acids is 1. The minimum Gasteiger partial charge on any atom is -0.343 e. The van der Waals surface area contributed by atoms with E-state index in [0.717, 1.165) is 38.3 Å². The van der Waals surface area contributed by atoms with Crippen LogP contribution in [0.1, 0.15) is 45.9 Å². The highest BCUT2D eigenvalue weighted by Gasteiger charge is 2.26. The van der Waals surface area contributed by atoms with E-state index in [4.69, 9.17) is 0 Å². The van der Waals surface area contributed by atoms with E-state index in [1.54, 1.807) is 0 Å². The van der Waals surface area contributed by atoms with Crippen LogP contribution in [0.2, 0.25) is 0 Å². The van der Waals surface area contributed by atoms with Crippen molar-refractivity contribution in [3.05, 3.63) is 18.2 Å². The van der Waals surface area contributed by atoms with Gasteiger partial charge in [-0.25, -0.2) is 4.98 Å². The number of aryl methyl sites for hydroxylation is 1. The zero-order chi connectivity index (χ0) is 14.8. The number of piperidine rings is 1. The normalized spacial score (nSPS) is 17.5. The van der Waals surface area contributed by atoms with E-state index < -0.39 is 0 Å². The molecular formula is C16H27N3O. The fourth-order valence-electron chi connectivity index (χ4n) is 2.81. The number of amides is 1. The van der Waals surface area contributed by atoms with Gasteiger partial charge in [0.25, 0.3) is 0 Å². The predicted molar refractivity (Wildman–Crippen MR) is 80.3 cm³/mol. The maximum Gasteiger partial charge on any atom is 0.223 e. The number of hydrogen-bond donors (Lipinski definition) is 0. The van der Waals surface area contributed by atoms with E-state index in [9.17, 15) is 4.79 Å². The minimum atomic E-state index is 0.0852. The van der Waals surface area contributed by atoms with Gasteiger partial charge in [-0.2, -0.15) is 0 Å². The van der Waals surface area contributed by atoms with Crippen molar-refractivity contribution in [2.75, 3.05) is 13.1 Å². The third-order valence-electron chi connectivity index (χ3n) is 4.03. The van der Waals surface area contributed by atoms with Crippen molar-refractivity contribution in [2.24, 2.45) is 11.3 Å². The first-order valence-electron chi connectivity index (χ1n) is 7.61. The summed E-state index contributed by atoms with van der Waals surface area (Å²) >= 11 is 0. The Hall–Kier alpha value is -1.32. The molecule has 1 saturated heterocycles. The highest BCUT2D eigenvalue weighted by Crippen LogP contribution is 2.24. The molecule has 1 aliphatic heterocycles. The first kappa shape index (κ1) is 15.1. The number of aromatic nitrogens is 2. The molecule has 1 amide bonds. The van der Waals surface area contributed by atoms with Crippen molar-refractivity contribution in [3.8, 4) is 0 Å². The Morgan fingerprint density at radius 2 is 2.00 bits per heavy atom. The molecule has 0 aliphatic carbocycles. The average molecular weight is 277 g/mol. The van der Waals surface area contributed by atoms with Crippen molar-refractivity contribution in [3.63, 3.8) is 0 Å². The Balaban J connectivity index is 1.81. The van der Waals surface area contributed by atoms with Crippen LogP contribution in [0.5, 0.6) is 0 Å². The molecule has 0 N–H and O–H groups in total. The van der Waals surface area contributed by atoms with E-state index in [0.29, 0.717) is 18.2 Å². The largest absolute Gasteiger partial charge is 0.343 e. The lowest BCUT2D eigenvalue weighted by Gasteiger charge is -2.34. The molecule has 1 aliphatic rings. The standard InChI is InChI=1S/C16H27N3O/c1-13-17-7-10-19(13)12-14-5-8-18(9-6-14)15(20)11-16(2,3)4/h7,10,14H,5-6,8-9,11-12H2,1-4H3. The Bertz CT molecular complexity index is 451. The lowest BCUT2D eigenvalue weighted by atomic mass is 9.90. The smallest absolute Gasteiger partial charge is 0.223 e. The molecule has 0 atom stereocenters. The molecule has 0 aromatic carbocycles. The molecular weight excluding hydrogens is 250 g/mol. The number of rotatable bonds is 3. The molecule has 2 heterocycles. The van der Waals surface area contributed by atoms with Gasteiger partial charge in [0.15, 0.2) is 0 Å². The number of nitrogens with zero attached hydrogens (tertiary/aromatic N) is 3. The van der Waals surface area contributed by atoms with Gasteiger partial charge in [0.05, 0.1) is 0 Å². The zero-order valence-electron chi connectivity index (χ0n) is 13.2. The van der Waals surface area contributed by atoms with Gasteiger partial charge in [0.1, 0.15) is 5.82 Å². The molecule has 0 radical (unpaired) electrons. The highest BCUT2D eigenvalue weighted by atomic mass is 16.2. The Morgan fingerprint density at radius 1 is 1.35 bits per heavy atom. The Labute approximate surface area is 122 Å². The van der Waals surface area contributed by atoms with Crippen LogP contribution in [0, 0.1) is 18.3 Å². The van der Waals surface area contributed by atoms with Crippen molar-refractivity contribution in [1.82, 2.24) is 14.5 Å². The summed E-state index contributed by atoms with van der Waals surface area (Å²) in [5.41, 5.74) is 0.0852. The van der Waals surface area contributed by atoms with Gasteiger partial charge in [0, 0.05) is 38.4 Å². The summed E-state index contributed by atoms with van der Waals surface area (Å²) in [7, 11) is 0. The topological polar surface area (TPSA) is 38.1 Å². The summed E-state index contributed by atoms with van der Waals surface area (Å²) < 4.78 is 2.22. The summed E-state index contributed by atoms with van der Waals surface area (Å²) in [4.78, 5) is 18.5. The van der Waals surface area contributed by atoms with Crippen molar-refractivity contribution < 1.29 is 4.79 Å². The van der Waals surface area contributed by atoms with Crippen molar-refractivity contribution in [2.45, 2.75) is 53.5 Å². The van der Waals surface area contributed by atoms with Crippen LogP contribution in [-0.2, 0) is 11.3 Å². The SMILES string of the molecule is Cc1nccn1CC1CCN(C(=O)CC(C)(C)C)CC1. The van der Waals surface area contributed by atoms with E-state index in [1.807, 2.05) is 24.2 Å². The second-order valence-electron chi connectivity index (χ2n) is 7.19. The Morgan fingerprint density at radius 3 is 2.50 bits per heavy atom. The molecule has 4 heteroatoms. The molecule has 20 heavy (non-hydrogen) atoms. The van der Waals surface area contributed by atoms with Crippen LogP contribution in [0.15, 0.2) is 12.4 Å². The highest BCUT2D eigenvalue weighted by molar-refractivity contribution is 5.76. The lowest BCUT2D eigenvalue weighted by Crippen LogP contribution is -2.40. The van der Waals surface area contributed by atoms with Gasteiger partial charge in [-0.15, -0.1) is 0 Å². The van der Waals surface area contributed by atoms with Gasteiger partial charge < -0.3 is 9.47 Å². The molecule has 0 bridgehead atoms. The fraction of sp³-hybridized carbons (Fsp3) is 0.750. The van der Waals surface area contributed by atoms with E-state index in [1.165, 1.54) is 0 Å². The van der Waals surface area contributed by atoms with E-state index in [-0.39, 0.29) is 5.41 Å². The molecule has 2 rings (SSSR count). The van der Waals surface area contributed by atoms with E-state index in [2.05, 4.69) is 30.3 Å². The average Bonchev–Trinajstić information content (AvgIpc) is 2.74. The molecule has 0 spiro atoms. The fourth-order valence-corrected chi connectivity index (χ4v) is 2.81. The lowest BCUT2D eigenvalue weighted by molar-refractivity contribution is -0.134. The van der Waals surface area contributed by atoms with Gasteiger partial charge >= 0.3 is 0 Å². The van der Waals surface area contributed by atoms with Crippen LogP contribution < -0.4 is 0 Å². The summed E-state index contributed by atoms with van der Waals surface area (Å²) in [6.45, 7) is 11.3. The van der Waals surface area contributed by atoms with Crippen LogP contribution in [0.4, 0.5) is 0 Å². The van der Waals surface area contributed by atoms with Crippen LogP contribution >= 0.6 is 0 Å². The van der Waals surface area contributed by atoms with Crippen LogP contribution in [-0.4, -0.2) is 33.4 Å².